The van der Waals surface area contributed by atoms with Gasteiger partial charge in [-0.1, -0.05) is 18.2 Å². The summed E-state index contributed by atoms with van der Waals surface area (Å²) in [7, 11) is 0. The molecule has 108 valence electrons. The van der Waals surface area contributed by atoms with Crippen LogP contribution in [0.3, 0.4) is 0 Å². The molecule has 2 aromatic carbocycles. The fourth-order valence-corrected chi connectivity index (χ4v) is 1.90. The maximum atomic E-state index is 12.0. The van der Waals surface area contributed by atoms with Gasteiger partial charge in [-0.15, -0.1) is 0 Å². The topological polar surface area (TPSA) is 78.4 Å². The van der Waals surface area contributed by atoms with Crippen LogP contribution in [-0.4, -0.2) is 17.1 Å². The van der Waals surface area contributed by atoms with Gasteiger partial charge in [-0.3, -0.25) is 0 Å². The van der Waals surface area contributed by atoms with Gasteiger partial charge < -0.3 is 15.7 Å². The lowest BCUT2D eigenvalue weighted by molar-refractivity contribution is 0.0697. The van der Waals surface area contributed by atoms with E-state index in [9.17, 15) is 9.59 Å². The van der Waals surface area contributed by atoms with Crippen LogP contribution in [0.1, 0.15) is 21.5 Å². The molecule has 0 aromatic heterocycles. The van der Waals surface area contributed by atoms with Crippen molar-refractivity contribution in [3.05, 3.63) is 59.2 Å². The molecule has 0 radical (unpaired) electrons. The van der Waals surface area contributed by atoms with E-state index in [4.69, 9.17) is 5.11 Å². The molecule has 21 heavy (non-hydrogen) atoms. The number of carboxylic acids is 1. The van der Waals surface area contributed by atoms with Crippen molar-refractivity contribution >= 4 is 23.4 Å². The highest BCUT2D eigenvalue weighted by Crippen LogP contribution is 2.18. The predicted molar refractivity (Wildman–Crippen MR) is 82.0 cm³/mol. The summed E-state index contributed by atoms with van der Waals surface area (Å²) in [5.74, 6) is -1.03. The van der Waals surface area contributed by atoms with Gasteiger partial charge >= 0.3 is 12.0 Å². The smallest absolute Gasteiger partial charge is 0.335 e. The van der Waals surface area contributed by atoms with Crippen LogP contribution >= 0.6 is 0 Å². The number of aryl methyl sites for hydroxylation is 2. The van der Waals surface area contributed by atoms with Crippen molar-refractivity contribution in [2.24, 2.45) is 0 Å². The Labute approximate surface area is 122 Å². The number of hydrogen-bond donors (Lipinski definition) is 3. The molecule has 0 aliphatic rings. The van der Waals surface area contributed by atoms with E-state index in [1.165, 1.54) is 12.1 Å². The zero-order chi connectivity index (χ0) is 15.4. The summed E-state index contributed by atoms with van der Waals surface area (Å²) in [6.45, 7) is 3.73. The Kier molecular flexibility index (Phi) is 4.23. The molecule has 0 bridgehead atoms. The van der Waals surface area contributed by atoms with Crippen LogP contribution in [0.4, 0.5) is 16.2 Å². The number of amides is 2. The van der Waals surface area contributed by atoms with E-state index < -0.39 is 12.0 Å². The van der Waals surface area contributed by atoms with Crippen LogP contribution in [0.2, 0.25) is 0 Å². The van der Waals surface area contributed by atoms with Crippen molar-refractivity contribution in [2.45, 2.75) is 13.8 Å². The summed E-state index contributed by atoms with van der Waals surface area (Å²) in [5, 5.41) is 14.3. The van der Waals surface area contributed by atoms with Crippen LogP contribution in [-0.2, 0) is 0 Å². The average Bonchev–Trinajstić information content (AvgIpc) is 2.41. The average molecular weight is 284 g/mol. The van der Waals surface area contributed by atoms with Gasteiger partial charge in [0.05, 0.1) is 5.56 Å². The number of carboxylic acid groups (broad SMARTS) is 1. The summed E-state index contributed by atoms with van der Waals surface area (Å²) in [6.07, 6.45) is 0. The number of anilines is 2. The zero-order valence-corrected chi connectivity index (χ0v) is 11.8. The van der Waals surface area contributed by atoms with Crippen LogP contribution < -0.4 is 10.6 Å². The van der Waals surface area contributed by atoms with Crippen LogP contribution in [0.25, 0.3) is 0 Å². The first kappa shape index (κ1) is 14.6. The van der Waals surface area contributed by atoms with E-state index in [1.807, 2.05) is 25.1 Å². The second-order valence-electron chi connectivity index (χ2n) is 4.78. The van der Waals surface area contributed by atoms with Crippen molar-refractivity contribution in [3.8, 4) is 0 Å². The quantitative estimate of drug-likeness (QED) is 0.805. The molecule has 5 nitrogen and oxygen atoms in total. The molecular weight excluding hydrogens is 268 g/mol. The van der Waals surface area contributed by atoms with Gasteiger partial charge in [0.15, 0.2) is 0 Å². The van der Waals surface area contributed by atoms with Crippen LogP contribution in [0.15, 0.2) is 42.5 Å². The highest BCUT2D eigenvalue weighted by Gasteiger charge is 2.09. The molecule has 0 heterocycles. The molecule has 0 unspecified atom stereocenters. The van der Waals surface area contributed by atoms with Gasteiger partial charge in [0.25, 0.3) is 0 Å². The fraction of sp³-hybridized carbons (Fsp3) is 0.125. The number of carbonyl (C=O) groups is 2. The lowest BCUT2D eigenvalue weighted by Crippen LogP contribution is -2.20. The number of benzene rings is 2. The van der Waals surface area contributed by atoms with E-state index >= 15 is 0 Å². The van der Waals surface area contributed by atoms with E-state index in [0.29, 0.717) is 11.4 Å². The second-order valence-corrected chi connectivity index (χ2v) is 4.78. The molecule has 5 heteroatoms. The maximum absolute atomic E-state index is 12.0. The summed E-state index contributed by atoms with van der Waals surface area (Å²) >= 11 is 0. The highest BCUT2D eigenvalue weighted by molar-refractivity contribution is 6.01. The third kappa shape index (κ3) is 3.82. The van der Waals surface area contributed by atoms with Gasteiger partial charge in [-0.25, -0.2) is 9.59 Å². The van der Waals surface area contributed by atoms with Crippen molar-refractivity contribution in [1.82, 2.24) is 0 Å². The van der Waals surface area contributed by atoms with Crippen LogP contribution in [0, 0.1) is 13.8 Å². The molecule has 0 fully saturated rings. The Hall–Kier alpha value is -2.82. The Bertz CT molecular complexity index is 696. The molecule has 0 spiro atoms. The first-order valence-electron chi connectivity index (χ1n) is 6.44. The fourth-order valence-electron chi connectivity index (χ4n) is 1.90. The molecule has 3 N–H and O–H groups in total. The van der Waals surface area contributed by atoms with Gasteiger partial charge in [0.1, 0.15) is 0 Å². The van der Waals surface area contributed by atoms with Gasteiger partial charge in [-0.05, 0) is 49.2 Å². The SMILES string of the molecule is Cc1cccc(NC(=O)Nc2cc(C(=O)O)ccc2C)c1. The number of carbonyl (C=O) groups excluding carboxylic acids is 1. The van der Waals surface area contributed by atoms with Crippen molar-refractivity contribution < 1.29 is 14.7 Å². The molecular formula is C16H16N2O3. The van der Waals surface area contributed by atoms with Gasteiger partial charge in [0.2, 0.25) is 0 Å². The molecule has 2 amide bonds. The summed E-state index contributed by atoms with van der Waals surface area (Å²) in [6, 6.07) is 11.6. The maximum Gasteiger partial charge on any atom is 0.335 e. The second kappa shape index (κ2) is 6.09. The molecule has 2 aromatic rings. The number of nitrogens with one attached hydrogen (secondary N) is 2. The first-order valence-corrected chi connectivity index (χ1v) is 6.44. The summed E-state index contributed by atoms with van der Waals surface area (Å²) < 4.78 is 0. The minimum absolute atomic E-state index is 0.131. The third-order valence-corrected chi connectivity index (χ3v) is 3.01. The van der Waals surface area contributed by atoms with E-state index in [2.05, 4.69) is 10.6 Å². The number of urea groups is 1. The molecule has 0 aliphatic carbocycles. The van der Waals surface area contributed by atoms with Gasteiger partial charge in [-0.2, -0.15) is 0 Å². The largest absolute Gasteiger partial charge is 0.478 e. The summed E-state index contributed by atoms with van der Waals surface area (Å²) in [5.41, 5.74) is 3.11. The Morgan fingerprint density at radius 3 is 2.43 bits per heavy atom. The zero-order valence-electron chi connectivity index (χ0n) is 11.8. The first-order chi connectivity index (χ1) is 9.95. The number of rotatable bonds is 3. The Morgan fingerprint density at radius 2 is 1.76 bits per heavy atom. The standard InChI is InChI=1S/C16H16N2O3/c1-10-4-3-5-13(8-10)17-16(21)18-14-9-12(15(19)20)7-6-11(14)2/h3-9H,1-2H3,(H,19,20)(H2,17,18,21). The van der Waals surface area contributed by atoms with Crippen molar-refractivity contribution in [1.29, 1.82) is 0 Å². The number of aromatic carboxylic acids is 1. The van der Waals surface area contributed by atoms with E-state index in [-0.39, 0.29) is 5.56 Å². The van der Waals surface area contributed by atoms with Gasteiger partial charge in [0, 0.05) is 11.4 Å². The number of hydrogen-bond acceptors (Lipinski definition) is 2. The van der Waals surface area contributed by atoms with Crippen molar-refractivity contribution in [2.75, 3.05) is 10.6 Å². The Balaban J connectivity index is 2.12. The highest BCUT2D eigenvalue weighted by atomic mass is 16.4. The lowest BCUT2D eigenvalue weighted by Gasteiger charge is -2.11. The normalized spacial score (nSPS) is 10.0. The minimum Gasteiger partial charge on any atom is -0.478 e. The van der Waals surface area contributed by atoms with Crippen molar-refractivity contribution in [3.63, 3.8) is 0 Å². The molecule has 2 rings (SSSR count). The molecule has 0 saturated heterocycles. The predicted octanol–water partition coefficient (Wildman–Crippen LogP) is 3.65. The monoisotopic (exact) mass is 284 g/mol. The molecule has 0 saturated carbocycles. The minimum atomic E-state index is -1.03. The van der Waals surface area contributed by atoms with Crippen LogP contribution in [0.5, 0.6) is 0 Å². The third-order valence-electron chi connectivity index (χ3n) is 3.01. The molecule has 0 atom stereocenters. The Morgan fingerprint density at radius 1 is 1.00 bits per heavy atom. The molecule has 0 aliphatic heterocycles. The van der Waals surface area contributed by atoms with E-state index in [0.717, 1.165) is 11.1 Å². The van der Waals surface area contributed by atoms with E-state index in [1.54, 1.807) is 19.1 Å². The summed E-state index contributed by atoms with van der Waals surface area (Å²) in [4.78, 5) is 22.9. The lowest BCUT2D eigenvalue weighted by atomic mass is 10.1.